The highest BCUT2D eigenvalue weighted by Gasteiger charge is 2.19. The third kappa shape index (κ3) is 5.39. The number of carbonyl (C=O) groups is 1. The Hall–Kier alpha value is -2.69. The number of nitrogens with one attached hydrogen (secondary N) is 1. The Kier molecular flexibility index (Phi) is 7.53. The fourth-order valence-electron chi connectivity index (χ4n) is 2.81. The molecule has 0 spiro atoms. The summed E-state index contributed by atoms with van der Waals surface area (Å²) in [6, 6.07) is 11.6. The van der Waals surface area contributed by atoms with Gasteiger partial charge in [-0.25, -0.2) is 0 Å². The van der Waals surface area contributed by atoms with E-state index >= 15 is 0 Å². The summed E-state index contributed by atoms with van der Waals surface area (Å²) in [5.74, 6) is 2.04. The predicted molar refractivity (Wildman–Crippen MR) is 107 cm³/mol. The van der Waals surface area contributed by atoms with Gasteiger partial charge in [-0.2, -0.15) is 0 Å². The molecule has 0 saturated carbocycles. The first-order valence-electron chi connectivity index (χ1n) is 9.21. The summed E-state index contributed by atoms with van der Waals surface area (Å²) < 4.78 is 16.5. The zero-order chi connectivity index (χ0) is 19.8. The molecule has 2 aromatic carbocycles. The smallest absolute Gasteiger partial charge is 0.261 e. The quantitative estimate of drug-likeness (QED) is 0.728. The van der Waals surface area contributed by atoms with Crippen molar-refractivity contribution in [1.82, 2.24) is 5.32 Å². The van der Waals surface area contributed by atoms with Crippen LogP contribution >= 0.6 is 0 Å². The molecule has 2 aromatic rings. The first-order chi connectivity index (χ1) is 13.0. The normalized spacial score (nSPS) is 11.6. The van der Waals surface area contributed by atoms with Crippen LogP contribution in [0.1, 0.15) is 30.0 Å². The van der Waals surface area contributed by atoms with Crippen LogP contribution < -0.4 is 19.5 Å². The molecule has 0 aliphatic carbocycles. The Morgan fingerprint density at radius 2 is 1.78 bits per heavy atom. The Balaban J connectivity index is 1.92. The maximum absolute atomic E-state index is 12.5. The lowest BCUT2D eigenvalue weighted by Gasteiger charge is -2.19. The van der Waals surface area contributed by atoms with E-state index in [0.29, 0.717) is 30.9 Å². The zero-order valence-electron chi connectivity index (χ0n) is 16.8. The lowest BCUT2D eigenvalue weighted by Crippen LogP contribution is -2.39. The van der Waals surface area contributed by atoms with E-state index in [1.165, 1.54) is 0 Å². The summed E-state index contributed by atoms with van der Waals surface area (Å²) in [6.07, 6.45) is 0.803. The Bertz CT molecular complexity index is 773. The summed E-state index contributed by atoms with van der Waals surface area (Å²) >= 11 is 0. The first-order valence-corrected chi connectivity index (χ1v) is 9.21. The molecule has 27 heavy (non-hydrogen) atoms. The Labute approximate surface area is 161 Å². The largest absolute Gasteiger partial charge is 0.493 e. The maximum atomic E-state index is 12.5. The van der Waals surface area contributed by atoms with Crippen molar-refractivity contribution < 1.29 is 19.0 Å². The van der Waals surface area contributed by atoms with Crippen LogP contribution in [-0.2, 0) is 11.2 Å². The number of carbonyl (C=O) groups excluding carboxylic acids is 1. The van der Waals surface area contributed by atoms with Gasteiger partial charge in [0.2, 0.25) is 0 Å². The summed E-state index contributed by atoms with van der Waals surface area (Å²) in [5.41, 5.74) is 3.28. The SMILES string of the molecule is CC[C@H](Oc1cccc(C)c1C)C(=O)NCCc1ccc(OC)c(OC)c1. The van der Waals surface area contributed by atoms with Crippen molar-refractivity contribution in [2.75, 3.05) is 20.8 Å². The molecule has 1 amide bonds. The molecule has 5 nitrogen and oxygen atoms in total. The van der Waals surface area contributed by atoms with Crippen molar-refractivity contribution >= 4 is 5.91 Å². The van der Waals surface area contributed by atoms with E-state index < -0.39 is 6.10 Å². The molecule has 0 saturated heterocycles. The second kappa shape index (κ2) is 9.86. The predicted octanol–water partition coefficient (Wildman–Crippen LogP) is 3.84. The zero-order valence-corrected chi connectivity index (χ0v) is 16.8. The molecule has 1 atom stereocenters. The molecule has 0 aliphatic rings. The van der Waals surface area contributed by atoms with Crippen molar-refractivity contribution in [3.8, 4) is 17.2 Å². The van der Waals surface area contributed by atoms with Gasteiger partial charge >= 0.3 is 0 Å². The van der Waals surface area contributed by atoms with Crippen LogP contribution in [0, 0.1) is 13.8 Å². The molecule has 2 rings (SSSR count). The molecule has 0 radical (unpaired) electrons. The lowest BCUT2D eigenvalue weighted by molar-refractivity contribution is -0.128. The van der Waals surface area contributed by atoms with E-state index in [4.69, 9.17) is 14.2 Å². The molecule has 0 heterocycles. The van der Waals surface area contributed by atoms with Gasteiger partial charge in [0, 0.05) is 6.54 Å². The number of hydrogen-bond acceptors (Lipinski definition) is 4. The molecule has 146 valence electrons. The highest BCUT2D eigenvalue weighted by molar-refractivity contribution is 5.81. The first kappa shape index (κ1) is 20.6. The lowest BCUT2D eigenvalue weighted by atomic mass is 10.1. The number of ether oxygens (including phenoxy) is 3. The van der Waals surface area contributed by atoms with E-state index in [1.54, 1.807) is 14.2 Å². The number of amides is 1. The van der Waals surface area contributed by atoms with Crippen LogP contribution in [0.15, 0.2) is 36.4 Å². The molecule has 1 N–H and O–H groups in total. The fraction of sp³-hybridized carbons (Fsp3) is 0.409. The molecule has 5 heteroatoms. The van der Waals surface area contributed by atoms with Gasteiger partial charge in [-0.05, 0) is 61.6 Å². The molecule has 0 unspecified atom stereocenters. The van der Waals surface area contributed by atoms with E-state index in [0.717, 1.165) is 22.4 Å². The van der Waals surface area contributed by atoms with Crippen LogP contribution in [0.3, 0.4) is 0 Å². The van der Waals surface area contributed by atoms with Crippen molar-refractivity contribution in [2.24, 2.45) is 0 Å². The molecule has 0 fully saturated rings. The van der Waals surface area contributed by atoms with Gasteiger partial charge in [0.25, 0.3) is 5.91 Å². The Morgan fingerprint density at radius 1 is 1.04 bits per heavy atom. The minimum absolute atomic E-state index is 0.0983. The van der Waals surface area contributed by atoms with Gasteiger partial charge in [0.15, 0.2) is 17.6 Å². The van der Waals surface area contributed by atoms with Gasteiger partial charge in [-0.15, -0.1) is 0 Å². The summed E-state index contributed by atoms with van der Waals surface area (Å²) in [6.45, 7) is 6.52. The minimum Gasteiger partial charge on any atom is -0.493 e. The van der Waals surface area contributed by atoms with Crippen LogP contribution in [0.2, 0.25) is 0 Å². The van der Waals surface area contributed by atoms with Gasteiger partial charge in [0.1, 0.15) is 5.75 Å². The highest BCUT2D eigenvalue weighted by atomic mass is 16.5. The van der Waals surface area contributed by atoms with Gasteiger partial charge in [-0.3, -0.25) is 4.79 Å². The topological polar surface area (TPSA) is 56.8 Å². The van der Waals surface area contributed by atoms with Crippen LogP contribution in [0.5, 0.6) is 17.2 Å². The van der Waals surface area contributed by atoms with Gasteiger partial charge in [-0.1, -0.05) is 25.1 Å². The molecular weight excluding hydrogens is 342 g/mol. The second-order valence-corrected chi connectivity index (χ2v) is 6.44. The van der Waals surface area contributed by atoms with E-state index in [-0.39, 0.29) is 5.91 Å². The fourth-order valence-corrected chi connectivity index (χ4v) is 2.81. The Morgan fingerprint density at radius 3 is 2.44 bits per heavy atom. The van der Waals surface area contributed by atoms with Crippen molar-refractivity contribution in [2.45, 2.75) is 39.7 Å². The highest BCUT2D eigenvalue weighted by Crippen LogP contribution is 2.27. The number of methoxy groups -OCH3 is 2. The van der Waals surface area contributed by atoms with E-state index in [1.807, 2.05) is 57.2 Å². The molecule has 0 aliphatic heterocycles. The minimum atomic E-state index is -0.504. The summed E-state index contributed by atoms with van der Waals surface area (Å²) in [7, 11) is 3.22. The average Bonchev–Trinajstić information content (AvgIpc) is 2.68. The van der Waals surface area contributed by atoms with Crippen molar-refractivity contribution in [3.63, 3.8) is 0 Å². The van der Waals surface area contributed by atoms with Crippen molar-refractivity contribution in [1.29, 1.82) is 0 Å². The van der Waals surface area contributed by atoms with Crippen LogP contribution in [0.4, 0.5) is 0 Å². The second-order valence-electron chi connectivity index (χ2n) is 6.44. The maximum Gasteiger partial charge on any atom is 0.261 e. The average molecular weight is 371 g/mol. The summed E-state index contributed by atoms with van der Waals surface area (Å²) in [5, 5.41) is 2.97. The standard InChI is InChI=1S/C22H29NO4/c1-6-18(27-19-9-7-8-15(2)16(19)3)22(24)23-13-12-17-10-11-20(25-4)21(14-17)26-5/h7-11,14,18H,6,12-13H2,1-5H3,(H,23,24)/t18-/m0/s1. The molecule has 0 aromatic heterocycles. The number of benzene rings is 2. The third-order valence-electron chi connectivity index (χ3n) is 4.65. The molecular formula is C22H29NO4. The number of aryl methyl sites for hydroxylation is 1. The number of hydrogen-bond donors (Lipinski definition) is 1. The van der Waals surface area contributed by atoms with Crippen LogP contribution in [0.25, 0.3) is 0 Å². The summed E-state index contributed by atoms with van der Waals surface area (Å²) in [4.78, 5) is 12.5. The van der Waals surface area contributed by atoms with Crippen molar-refractivity contribution in [3.05, 3.63) is 53.1 Å². The van der Waals surface area contributed by atoms with Gasteiger partial charge in [0.05, 0.1) is 14.2 Å². The van der Waals surface area contributed by atoms with E-state index in [2.05, 4.69) is 5.32 Å². The van der Waals surface area contributed by atoms with Crippen LogP contribution in [-0.4, -0.2) is 32.8 Å². The number of rotatable bonds is 9. The monoisotopic (exact) mass is 371 g/mol. The third-order valence-corrected chi connectivity index (χ3v) is 4.65. The van der Waals surface area contributed by atoms with E-state index in [9.17, 15) is 4.79 Å². The molecule has 0 bridgehead atoms. The van der Waals surface area contributed by atoms with Gasteiger partial charge < -0.3 is 19.5 Å².